The lowest BCUT2D eigenvalue weighted by molar-refractivity contribution is 0.757. The fourth-order valence-corrected chi connectivity index (χ4v) is 1.46. The van der Waals surface area contributed by atoms with Gasteiger partial charge in [-0.25, -0.2) is 0 Å². The van der Waals surface area contributed by atoms with E-state index in [9.17, 15) is 0 Å². The molecule has 0 unspecified atom stereocenters. The zero-order valence-corrected chi connectivity index (χ0v) is 8.39. The van der Waals surface area contributed by atoms with Crippen LogP contribution in [0.5, 0.6) is 0 Å². The molecule has 0 saturated heterocycles. The Hall–Kier alpha value is -1.03. The molecule has 1 N–H and O–H groups in total. The highest BCUT2D eigenvalue weighted by Crippen LogP contribution is 2.19. The van der Waals surface area contributed by atoms with Gasteiger partial charge in [-0.3, -0.25) is 0 Å². The maximum Gasteiger partial charge on any atom is 0.174 e. The summed E-state index contributed by atoms with van der Waals surface area (Å²) >= 11 is 6.00. The minimum absolute atomic E-state index is 0.662. The quantitative estimate of drug-likeness (QED) is 0.802. The lowest BCUT2D eigenvalue weighted by atomic mass is 10.3. The number of hydrogen-bond donors (Lipinski definition) is 1. The van der Waals surface area contributed by atoms with E-state index < -0.39 is 0 Å². The number of rotatable bonds is 2. The highest BCUT2D eigenvalue weighted by atomic mass is 35.5. The Morgan fingerprint density at radius 3 is 2.85 bits per heavy atom. The Bertz CT molecular complexity index is 428. The van der Waals surface area contributed by atoms with E-state index in [4.69, 9.17) is 11.6 Å². The molecule has 0 radical (unpaired) electrons. The SMILES string of the molecule is CCCc1nn2nc(C)c(Cl)c2[nH]1. The molecular weight excluding hydrogens is 188 g/mol. The molecule has 0 aliphatic rings. The summed E-state index contributed by atoms with van der Waals surface area (Å²) in [6, 6.07) is 0. The van der Waals surface area contributed by atoms with Gasteiger partial charge in [-0.2, -0.15) is 5.10 Å². The van der Waals surface area contributed by atoms with E-state index in [1.165, 1.54) is 0 Å². The molecule has 0 saturated carbocycles. The Balaban J connectivity index is 2.52. The van der Waals surface area contributed by atoms with Gasteiger partial charge >= 0.3 is 0 Å². The monoisotopic (exact) mass is 198 g/mol. The number of H-pyrrole nitrogens is 1. The number of aryl methyl sites for hydroxylation is 2. The van der Waals surface area contributed by atoms with Crippen molar-refractivity contribution < 1.29 is 0 Å². The van der Waals surface area contributed by atoms with Crippen molar-refractivity contribution in [2.45, 2.75) is 26.7 Å². The van der Waals surface area contributed by atoms with Crippen LogP contribution in [-0.2, 0) is 6.42 Å². The van der Waals surface area contributed by atoms with Crippen LogP contribution in [0.1, 0.15) is 24.9 Å². The first-order valence-electron chi connectivity index (χ1n) is 4.32. The third kappa shape index (κ3) is 1.31. The molecule has 0 atom stereocenters. The average molecular weight is 199 g/mol. The second-order valence-corrected chi connectivity index (χ2v) is 3.44. The van der Waals surface area contributed by atoms with E-state index in [0.29, 0.717) is 5.02 Å². The van der Waals surface area contributed by atoms with Gasteiger partial charge in [-0.15, -0.1) is 9.73 Å². The minimum atomic E-state index is 0.662. The van der Waals surface area contributed by atoms with E-state index in [-0.39, 0.29) is 0 Å². The minimum Gasteiger partial charge on any atom is -0.324 e. The standard InChI is InChI=1S/C8H11ClN4/c1-3-4-6-10-8-7(9)5(2)11-13(8)12-6/h3-4H2,1-2H3,(H,10,12). The molecule has 0 aromatic carbocycles. The molecule has 0 spiro atoms. The van der Waals surface area contributed by atoms with E-state index >= 15 is 0 Å². The summed E-state index contributed by atoms with van der Waals surface area (Å²) in [6.45, 7) is 3.97. The molecule has 2 aromatic rings. The summed E-state index contributed by atoms with van der Waals surface area (Å²) in [4.78, 5) is 3.14. The average Bonchev–Trinajstić information content (AvgIpc) is 2.56. The van der Waals surface area contributed by atoms with E-state index in [1.807, 2.05) is 6.92 Å². The molecule has 2 aromatic heterocycles. The van der Waals surface area contributed by atoms with Crippen LogP contribution < -0.4 is 0 Å². The first kappa shape index (κ1) is 8.56. The molecule has 4 nitrogen and oxygen atoms in total. The highest BCUT2D eigenvalue weighted by molar-refractivity contribution is 6.34. The van der Waals surface area contributed by atoms with Crippen LogP contribution in [0.3, 0.4) is 0 Å². The van der Waals surface area contributed by atoms with Crippen LogP contribution in [0, 0.1) is 6.92 Å². The van der Waals surface area contributed by atoms with E-state index in [2.05, 4.69) is 22.1 Å². The van der Waals surface area contributed by atoms with Crippen molar-refractivity contribution in [3.63, 3.8) is 0 Å². The van der Waals surface area contributed by atoms with Crippen molar-refractivity contribution in [2.24, 2.45) is 0 Å². The third-order valence-corrected chi connectivity index (χ3v) is 2.39. The number of hydrogen-bond acceptors (Lipinski definition) is 2. The fraction of sp³-hybridized carbons (Fsp3) is 0.500. The number of fused-ring (bicyclic) bond motifs is 1. The number of nitrogens with one attached hydrogen (secondary N) is 1. The Morgan fingerprint density at radius 2 is 2.23 bits per heavy atom. The van der Waals surface area contributed by atoms with Gasteiger partial charge in [0.1, 0.15) is 10.8 Å². The molecular formula is C8H11ClN4. The zero-order chi connectivity index (χ0) is 9.42. The van der Waals surface area contributed by atoms with Gasteiger partial charge in [0.05, 0.1) is 5.69 Å². The maximum atomic E-state index is 6.00. The molecule has 13 heavy (non-hydrogen) atoms. The third-order valence-electron chi connectivity index (χ3n) is 1.94. The van der Waals surface area contributed by atoms with Gasteiger partial charge in [0.15, 0.2) is 5.65 Å². The predicted molar refractivity (Wildman–Crippen MR) is 51.1 cm³/mol. The Morgan fingerprint density at radius 1 is 1.46 bits per heavy atom. The summed E-state index contributed by atoms with van der Waals surface area (Å²) in [5.41, 5.74) is 1.60. The predicted octanol–water partition coefficient (Wildman–Crippen LogP) is 1.97. The number of nitrogens with zero attached hydrogens (tertiary/aromatic N) is 3. The van der Waals surface area contributed by atoms with Crippen LogP contribution in [-0.4, -0.2) is 19.8 Å². The summed E-state index contributed by atoms with van der Waals surface area (Å²) in [5, 5.41) is 9.07. The van der Waals surface area contributed by atoms with Crippen molar-refractivity contribution in [3.05, 3.63) is 16.5 Å². The van der Waals surface area contributed by atoms with Gasteiger partial charge < -0.3 is 4.98 Å². The van der Waals surface area contributed by atoms with Gasteiger partial charge in [-0.1, -0.05) is 18.5 Å². The summed E-state index contributed by atoms with van der Waals surface area (Å²) in [7, 11) is 0. The molecule has 2 heterocycles. The van der Waals surface area contributed by atoms with Gasteiger partial charge in [-0.05, 0) is 13.3 Å². The second-order valence-electron chi connectivity index (χ2n) is 3.06. The molecule has 5 heteroatoms. The lowest BCUT2D eigenvalue weighted by Gasteiger charge is -1.87. The molecule has 0 fully saturated rings. The van der Waals surface area contributed by atoms with Crippen LogP contribution in [0.2, 0.25) is 5.02 Å². The largest absolute Gasteiger partial charge is 0.324 e. The smallest absolute Gasteiger partial charge is 0.174 e. The topological polar surface area (TPSA) is 46.0 Å². The molecule has 0 amide bonds. The van der Waals surface area contributed by atoms with Crippen LogP contribution in [0.4, 0.5) is 0 Å². The summed E-state index contributed by atoms with van der Waals surface area (Å²) < 4.78 is 1.56. The van der Waals surface area contributed by atoms with Gasteiger partial charge in [0.2, 0.25) is 0 Å². The fourth-order valence-electron chi connectivity index (χ4n) is 1.30. The van der Waals surface area contributed by atoms with Gasteiger partial charge in [0.25, 0.3) is 0 Å². The first-order chi connectivity index (χ1) is 6.22. The Kier molecular flexibility index (Phi) is 2.00. The first-order valence-corrected chi connectivity index (χ1v) is 4.70. The Labute approximate surface area is 80.9 Å². The van der Waals surface area contributed by atoms with Crippen molar-refractivity contribution >= 4 is 17.2 Å². The van der Waals surface area contributed by atoms with Crippen LogP contribution in [0.15, 0.2) is 0 Å². The molecule has 0 aliphatic heterocycles. The molecule has 70 valence electrons. The van der Waals surface area contributed by atoms with E-state index in [1.54, 1.807) is 4.63 Å². The summed E-state index contributed by atoms with van der Waals surface area (Å²) in [6.07, 6.45) is 1.99. The van der Waals surface area contributed by atoms with Crippen molar-refractivity contribution in [1.82, 2.24) is 19.8 Å². The maximum absolute atomic E-state index is 6.00. The highest BCUT2D eigenvalue weighted by Gasteiger charge is 2.10. The van der Waals surface area contributed by atoms with Crippen molar-refractivity contribution in [1.29, 1.82) is 0 Å². The van der Waals surface area contributed by atoms with Crippen molar-refractivity contribution in [2.75, 3.05) is 0 Å². The second kappa shape index (κ2) is 3.03. The van der Waals surface area contributed by atoms with E-state index in [0.717, 1.165) is 30.0 Å². The normalized spacial score (nSPS) is 11.3. The number of aromatic nitrogens is 4. The molecule has 0 aliphatic carbocycles. The van der Waals surface area contributed by atoms with Gasteiger partial charge in [0, 0.05) is 6.42 Å². The van der Waals surface area contributed by atoms with Crippen LogP contribution >= 0.6 is 11.6 Å². The molecule has 0 bridgehead atoms. The number of aromatic amines is 1. The zero-order valence-electron chi connectivity index (χ0n) is 7.63. The summed E-state index contributed by atoms with van der Waals surface area (Å²) in [5.74, 6) is 0.937. The van der Waals surface area contributed by atoms with Crippen molar-refractivity contribution in [3.8, 4) is 0 Å². The lowest BCUT2D eigenvalue weighted by Crippen LogP contribution is -1.90. The number of halogens is 1. The molecule has 2 rings (SSSR count). The van der Waals surface area contributed by atoms with Crippen LogP contribution in [0.25, 0.3) is 5.65 Å².